The van der Waals surface area contributed by atoms with Gasteiger partial charge in [-0.2, -0.15) is 0 Å². The van der Waals surface area contributed by atoms with Crippen LogP contribution in [-0.2, 0) is 5.41 Å². The second kappa shape index (κ2) is 6.33. The van der Waals surface area contributed by atoms with E-state index < -0.39 is 7.12 Å². The lowest BCUT2D eigenvalue weighted by atomic mass is 9.68. The molecule has 0 amide bonds. The van der Waals surface area contributed by atoms with Crippen LogP contribution in [0, 0.1) is 0 Å². The molecule has 0 bridgehead atoms. The Morgan fingerprint density at radius 3 is 2.19 bits per heavy atom. The highest BCUT2D eigenvalue weighted by Gasteiger charge is 2.41. The Hall–Kier alpha value is -3.34. The monoisotopic (exact) mass is 404 g/mol. The number of hydrogen-bond donors (Lipinski definition) is 2. The Morgan fingerprint density at radius 2 is 1.42 bits per heavy atom. The van der Waals surface area contributed by atoms with Gasteiger partial charge >= 0.3 is 7.12 Å². The van der Waals surface area contributed by atoms with E-state index in [-0.39, 0.29) is 5.41 Å². The first-order chi connectivity index (χ1) is 15.0. The van der Waals surface area contributed by atoms with E-state index >= 15 is 0 Å². The van der Waals surface area contributed by atoms with Crippen molar-refractivity contribution in [2.24, 2.45) is 0 Å². The molecule has 6 rings (SSSR count). The van der Waals surface area contributed by atoms with Crippen LogP contribution in [0.5, 0.6) is 0 Å². The SMILES string of the molecule is CC1(C)c2ccccc2-c2cc3c(oc4c(-c5ccccc5)cccc43)c(B(O)O)c21. The highest BCUT2D eigenvalue weighted by Crippen LogP contribution is 2.50. The van der Waals surface area contributed by atoms with Gasteiger partial charge in [0.15, 0.2) is 0 Å². The first-order valence-electron chi connectivity index (χ1n) is 10.5. The second-order valence-corrected chi connectivity index (χ2v) is 8.78. The molecule has 0 spiro atoms. The Balaban J connectivity index is 1.77. The van der Waals surface area contributed by atoms with Gasteiger partial charge in [0.05, 0.1) is 0 Å². The van der Waals surface area contributed by atoms with E-state index in [1.165, 1.54) is 5.56 Å². The van der Waals surface area contributed by atoms with E-state index in [1.807, 2.05) is 48.5 Å². The van der Waals surface area contributed by atoms with Crippen molar-refractivity contribution in [2.45, 2.75) is 19.3 Å². The summed E-state index contributed by atoms with van der Waals surface area (Å²) in [7, 11) is -1.63. The number of furan rings is 1. The average molecular weight is 404 g/mol. The number of hydrogen-bond acceptors (Lipinski definition) is 3. The molecule has 4 aromatic carbocycles. The molecule has 1 aromatic heterocycles. The molecule has 4 heteroatoms. The molecule has 0 saturated carbocycles. The first-order valence-corrected chi connectivity index (χ1v) is 10.5. The van der Waals surface area contributed by atoms with Gasteiger partial charge in [0.1, 0.15) is 11.2 Å². The minimum absolute atomic E-state index is 0.361. The molecule has 0 saturated heterocycles. The van der Waals surface area contributed by atoms with Crippen molar-refractivity contribution in [1.82, 2.24) is 0 Å². The van der Waals surface area contributed by atoms with Crippen molar-refractivity contribution < 1.29 is 14.5 Å². The molecule has 1 aliphatic carbocycles. The van der Waals surface area contributed by atoms with Crippen molar-refractivity contribution in [3.8, 4) is 22.3 Å². The lowest BCUT2D eigenvalue weighted by Gasteiger charge is -2.24. The number of fused-ring (bicyclic) bond motifs is 6. The minimum Gasteiger partial charge on any atom is -0.456 e. The van der Waals surface area contributed by atoms with Crippen LogP contribution >= 0.6 is 0 Å². The molecule has 0 unspecified atom stereocenters. The lowest BCUT2D eigenvalue weighted by Crippen LogP contribution is -2.37. The molecule has 3 nitrogen and oxygen atoms in total. The predicted molar refractivity (Wildman–Crippen MR) is 127 cm³/mol. The zero-order valence-corrected chi connectivity index (χ0v) is 17.4. The van der Waals surface area contributed by atoms with E-state index in [1.54, 1.807) is 0 Å². The van der Waals surface area contributed by atoms with Gasteiger partial charge in [-0.3, -0.25) is 0 Å². The average Bonchev–Trinajstić information content (AvgIpc) is 3.26. The van der Waals surface area contributed by atoms with Crippen LogP contribution in [0.15, 0.2) is 83.3 Å². The molecular formula is C27H21BO3. The zero-order valence-electron chi connectivity index (χ0n) is 17.4. The smallest absolute Gasteiger partial charge is 0.456 e. The highest BCUT2D eigenvalue weighted by molar-refractivity contribution is 6.63. The summed E-state index contributed by atoms with van der Waals surface area (Å²) in [6.45, 7) is 4.26. The van der Waals surface area contributed by atoms with Crippen molar-refractivity contribution in [3.63, 3.8) is 0 Å². The molecule has 0 fully saturated rings. The van der Waals surface area contributed by atoms with Crippen molar-refractivity contribution in [1.29, 1.82) is 0 Å². The lowest BCUT2D eigenvalue weighted by molar-refractivity contribution is 0.424. The fourth-order valence-corrected chi connectivity index (χ4v) is 5.33. The maximum absolute atomic E-state index is 10.5. The molecule has 1 aliphatic rings. The number of para-hydroxylation sites is 1. The maximum atomic E-state index is 10.5. The van der Waals surface area contributed by atoms with Crippen molar-refractivity contribution in [3.05, 3.63) is 90.0 Å². The summed E-state index contributed by atoms with van der Waals surface area (Å²) in [6, 6.07) is 26.7. The van der Waals surface area contributed by atoms with E-state index in [4.69, 9.17) is 4.42 Å². The van der Waals surface area contributed by atoms with Gasteiger partial charge in [0.25, 0.3) is 0 Å². The summed E-state index contributed by atoms with van der Waals surface area (Å²) in [5.74, 6) is 0. The largest absolute Gasteiger partial charge is 0.492 e. The fourth-order valence-electron chi connectivity index (χ4n) is 5.33. The normalized spacial score (nSPS) is 14.1. The third-order valence-corrected chi connectivity index (χ3v) is 6.68. The van der Waals surface area contributed by atoms with E-state index in [2.05, 4.69) is 44.2 Å². The fraction of sp³-hybridized carbons (Fsp3) is 0.111. The first kappa shape index (κ1) is 18.4. The standard InChI is InChI=1S/C27H21BO3/c1-27(2)22-14-7-6-11-18(22)20-15-21-19-13-8-12-17(16-9-4-3-5-10-16)25(19)31-26(21)24(23(20)27)28(29)30/h3-15,29-30H,1-2H3. The summed E-state index contributed by atoms with van der Waals surface area (Å²) in [4.78, 5) is 0. The summed E-state index contributed by atoms with van der Waals surface area (Å²) < 4.78 is 6.43. The summed E-state index contributed by atoms with van der Waals surface area (Å²) in [5, 5.41) is 22.9. The van der Waals surface area contributed by atoms with Crippen molar-refractivity contribution >= 4 is 34.5 Å². The Bertz CT molecular complexity index is 1480. The molecule has 0 atom stereocenters. The van der Waals surface area contributed by atoms with Crippen LogP contribution in [-0.4, -0.2) is 17.2 Å². The van der Waals surface area contributed by atoms with Crippen LogP contribution in [0.2, 0.25) is 0 Å². The van der Waals surface area contributed by atoms with E-state index in [9.17, 15) is 10.0 Å². The van der Waals surface area contributed by atoms with Crippen molar-refractivity contribution in [2.75, 3.05) is 0 Å². The summed E-state index contributed by atoms with van der Waals surface area (Å²) in [6.07, 6.45) is 0. The summed E-state index contributed by atoms with van der Waals surface area (Å²) >= 11 is 0. The molecular weight excluding hydrogens is 383 g/mol. The minimum atomic E-state index is -1.63. The van der Waals surface area contributed by atoms with Gasteiger partial charge in [-0.25, -0.2) is 0 Å². The Kier molecular flexibility index (Phi) is 3.77. The maximum Gasteiger partial charge on any atom is 0.492 e. The van der Waals surface area contributed by atoms with Gasteiger partial charge in [0, 0.05) is 27.2 Å². The molecule has 31 heavy (non-hydrogen) atoms. The third-order valence-electron chi connectivity index (χ3n) is 6.68. The Labute approximate surface area is 180 Å². The third kappa shape index (κ3) is 2.43. The molecule has 150 valence electrons. The molecule has 2 N–H and O–H groups in total. The quantitative estimate of drug-likeness (QED) is 0.396. The van der Waals surface area contributed by atoms with Crippen LogP contribution < -0.4 is 5.46 Å². The zero-order chi connectivity index (χ0) is 21.3. The van der Waals surface area contributed by atoms with Gasteiger partial charge < -0.3 is 14.5 Å². The molecule has 0 radical (unpaired) electrons. The number of rotatable bonds is 2. The number of benzene rings is 4. The van der Waals surface area contributed by atoms with Crippen LogP contribution in [0.25, 0.3) is 44.2 Å². The second-order valence-electron chi connectivity index (χ2n) is 8.78. The van der Waals surface area contributed by atoms with Crippen LogP contribution in [0.4, 0.5) is 0 Å². The van der Waals surface area contributed by atoms with Crippen LogP contribution in [0.1, 0.15) is 25.0 Å². The highest BCUT2D eigenvalue weighted by atomic mass is 16.4. The van der Waals surface area contributed by atoms with Crippen LogP contribution in [0.3, 0.4) is 0 Å². The molecule has 5 aromatic rings. The van der Waals surface area contributed by atoms with Gasteiger partial charge in [-0.15, -0.1) is 0 Å². The van der Waals surface area contributed by atoms with Gasteiger partial charge in [-0.1, -0.05) is 86.6 Å². The molecule has 0 aliphatic heterocycles. The van der Waals surface area contributed by atoms with E-state index in [0.29, 0.717) is 11.0 Å². The molecule has 1 heterocycles. The summed E-state index contributed by atoms with van der Waals surface area (Å²) in [5.41, 5.74) is 7.77. The van der Waals surface area contributed by atoms with E-state index in [0.717, 1.165) is 44.2 Å². The van der Waals surface area contributed by atoms with Gasteiger partial charge in [0.2, 0.25) is 0 Å². The topological polar surface area (TPSA) is 53.6 Å². The predicted octanol–water partition coefficient (Wildman–Crippen LogP) is 5.24. The van der Waals surface area contributed by atoms with Gasteiger partial charge in [-0.05, 0) is 33.9 Å². The Morgan fingerprint density at radius 1 is 0.710 bits per heavy atom.